The van der Waals surface area contributed by atoms with E-state index in [-0.39, 0.29) is 17.9 Å². The molecule has 1 amide bonds. The molecule has 2 aromatic carbocycles. The first-order chi connectivity index (χ1) is 11.5. The standard InChI is InChI=1S/C18H20N2O4/c1-12-7-8-16(21)14(9-12)20-17(22)10-15(18(23)24)19-11-13-5-3-2-4-6-13/h2-9,15,19,21H,10-11H2,1H3,(H,20,22)(H,23,24). The Morgan fingerprint density at radius 1 is 1.12 bits per heavy atom. The quantitative estimate of drug-likeness (QED) is 0.585. The van der Waals surface area contributed by atoms with Crippen LogP contribution in [0.25, 0.3) is 0 Å². The monoisotopic (exact) mass is 328 g/mol. The number of benzene rings is 2. The molecule has 6 nitrogen and oxygen atoms in total. The van der Waals surface area contributed by atoms with Crippen molar-refractivity contribution in [2.45, 2.75) is 25.9 Å². The van der Waals surface area contributed by atoms with Crippen molar-refractivity contribution >= 4 is 17.6 Å². The number of rotatable bonds is 7. The maximum absolute atomic E-state index is 12.1. The van der Waals surface area contributed by atoms with Crippen LogP contribution in [0.4, 0.5) is 5.69 Å². The van der Waals surface area contributed by atoms with Crippen LogP contribution in [0, 0.1) is 6.92 Å². The minimum absolute atomic E-state index is 0.0573. The summed E-state index contributed by atoms with van der Waals surface area (Å²) in [5.74, 6) is -1.64. The van der Waals surface area contributed by atoms with Crippen LogP contribution in [0.2, 0.25) is 0 Å². The average Bonchev–Trinajstić information content (AvgIpc) is 2.55. The summed E-state index contributed by atoms with van der Waals surface area (Å²) in [7, 11) is 0. The molecule has 4 N–H and O–H groups in total. The molecule has 0 fully saturated rings. The number of amides is 1. The summed E-state index contributed by atoms with van der Waals surface area (Å²) in [6.45, 7) is 2.18. The fourth-order valence-electron chi connectivity index (χ4n) is 2.22. The fraction of sp³-hybridized carbons (Fsp3) is 0.222. The van der Waals surface area contributed by atoms with Gasteiger partial charge in [-0.05, 0) is 30.2 Å². The largest absolute Gasteiger partial charge is 0.506 e. The maximum Gasteiger partial charge on any atom is 0.321 e. The van der Waals surface area contributed by atoms with Crippen molar-refractivity contribution in [3.8, 4) is 5.75 Å². The molecular formula is C18H20N2O4. The van der Waals surface area contributed by atoms with Gasteiger partial charge in [-0.25, -0.2) is 0 Å². The zero-order chi connectivity index (χ0) is 17.5. The Bertz CT molecular complexity index is 716. The number of aryl methyl sites for hydroxylation is 1. The molecule has 6 heteroatoms. The van der Waals surface area contributed by atoms with E-state index in [2.05, 4.69) is 10.6 Å². The Kier molecular flexibility index (Phi) is 5.92. The van der Waals surface area contributed by atoms with Gasteiger partial charge >= 0.3 is 5.97 Å². The van der Waals surface area contributed by atoms with Gasteiger partial charge in [-0.2, -0.15) is 0 Å². The molecule has 1 unspecified atom stereocenters. The zero-order valence-corrected chi connectivity index (χ0v) is 13.3. The lowest BCUT2D eigenvalue weighted by Crippen LogP contribution is -2.39. The summed E-state index contributed by atoms with van der Waals surface area (Å²) in [6.07, 6.45) is -0.241. The van der Waals surface area contributed by atoms with Crippen molar-refractivity contribution in [2.24, 2.45) is 0 Å². The topological polar surface area (TPSA) is 98.7 Å². The normalized spacial score (nSPS) is 11.7. The van der Waals surface area contributed by atoms with Gasteiger partial charge < -0.3 is 15.5 Å². The van der Waals surface area contributed by atoms with Crippen LogP contribution in [0.3, 0.4) is 0 Å². The maximum atomic E-state index is 12.1. The first kappa shape index (κ1) is 17.5. The number of carbonyl (C=O) groups excluding carboxylic acids is 1. The lowest BCUT2D eigenvalue weighted by Gasteiger charge is -2.15. The summed E-state index contributed by atoms with van der Waals surface area (Å²) < 4.78 is 0. The van der Waals surface area contributed by atoms with E-state index >= 15 is 0 Å². The average molecular weight is 328 g/mol. The van der Waals surface area contributed by atoms with E-state index in [1.165, 1.54) is 6.07 Å². The third-order valence-electron chi connectivity index (χ3n) is 3.51. The minimum Gasteiger partial charge on any atom is -0.506 e. The number of carbonyl (C=O) groups is 2. The van der Waals surface area contributed by atoms with Gasteiger partial charge in [0.1, 0.15) is 11.8 Å². The predicted molar refractivity (Wildman–Crippen MR) is 90.8 cm³/mol. The molecule has 0 saturated heterocycles. The number of carboxylic acids is 1. The van der Waals surface area contributed by atoms with Crippen LogP contribution in [0.15, 0.2) is 48.5 Å². The molecule has 0 aliphatic rings. The number of carboxylic acid groups (broad SMARTS) is 1. The lowest BCUT2D eigenvalue weighted by molar-refractivity contribution is -0.141. The number of phenolic OH excluding ortho intramolecular Hbond substituents is 1. The molecule has 126 valence electrons. The van der Waals surface area contributed by atoms with Crippen molar-refractivity contribution < 1.29 is 19.8 Å². The molecule has 0 aliphatic heterocycles. The Hall–Kier alpha value is -2.86. The first-order valence-electron chi connectivity index (χ1n) is 7.55. The Balaban J connectivity index is 1.95. The summed E-state index contributed by atoms with van der Waals surface area (Å²) >= 11 is 0. The van der Waals surface area contributed by atoms with Crippen molar-refractivity contribution in [3.05, 3.63) is 59.7 Å². The van der Waals surface area contributed by atoms with Gasteiger partial charge in [0, 0.05) is 6.54 Å². The van der Waals surface area contributed by atoms with Gasteiger partial charge in [0.25, 0.3) is 0 Å². The van der Waals surface area contributed by atoms with Crippen molar-refractivity contribution in [2.75, 3.05) is 5.32 Å². The highest BCUT2D eigenvalue weighted by atomic mass is 16.4. The van der Waals surface area contributed by atoms with E-state index in [1.807, 2.05) is 37.3 Å². The second kappa shape index (κ2) is 8.12. The summed E-state index contributed by atoms with van der Waals surface area (Å²) in [5.41, 5.74) is 2.08. The first-order valence-corrected chi connectivity index (χ1v) is 7.55. The van der Waals surface area contributed by atoms with Crippen LogP contribution < -0.4 is 10.6 Å². The number of nitrogens with one attached hydrogen (secondary N) is 2. The van der Waals surface area contributed by atoms with E-state index in [4.69, 9.17) is 0 Å². The molecule has 0 aliphatic carbocycles. The highest BCUT2D eigenvalue weighted by molar-refractivity contribution is 5.95. The zero-order valence-electron chi connectivity index (χ0n) is 13.3. The van der Waals surface area contributed by atoms with E-state index in [0.717, 1.165) is 11.1 Å². The van der Waals surface area contributed by atoms with Crippen molar-refractivity contribution in [1.82, 2.24) is 5.32 Å². The smallest absolute Gasteiger partial charge is 0.321 e. The molecule has 0 bridgehead atoms. The fourth-order valence-corrected chi connectivity index (χ4v) is 2.22. The van der Waals surface area contributed by atoms with E-state index < -0.39 is 17.9 Å². The Morgan fingerprint density at radius 3 is 2.50 bits per heavy atom. The van der Waals surface area contributed by atoms with E-state index in [9.17, 15) is 19.8 Å². The summed E-state index contributed by atoms with van der Waals surface area (Å²) in [4.78, 5) is 23.4. The Labute approximate surface area is 140 Å². The SMILES string of the molecule is Cc1ccc(O)c(NC(=O)CC(NCc2ccccc2)C(=O)O)c1. The third-order valence-corrected chi connectivity index (χ3v) is 3.51. The second-order valence-corrected chi connectivity index (χ2v) is 5.53. The third kappa shape index (κ3) is 5.10. The number of anilines is 1. The number of phenols is 1. The molecule has 2 rings (SSSR count). The Morgan fingerprint density at radius 2 is 1.83 bits per heavy atom. The number of aromatic hydroxyl groups is 1. The molecule has 0 heterocycles. The summed E-state index contributed by atoms with van der Waals surface area (Å²) in [5, 5.41) is 24.4. The molecule has 0 saturated carbocycles. The molecule has 2 aromatic rings. The second-order valence-electron chi connectivity index (χ2n) is 5.53. The van der Waals surface area contributed by atoms with Gasteiger partial charge in [0.2, 0.25) is 5.91 Å². The van der Waals surface area contributed by atoms with Crippen molar-refractivity contribution in [3.63, 3.8) is 0 Å². The van der Waals surface area contributed by atoms with Gasteiger partial charge in [0.05, 0.1) is 12.1 Å². The van der Waals surface area contributed by atoms with Crippen molar-refractivity contribution in [1.29, 1.82) is 0 Å². The van der Waals surface area contributed by atoms with Crippen LogP contribution >= 0.6 is 0 Å². The van der Waals surface area contributed by atoms with Crippen LogP contribution in [-0.4, -0.2) is 28.1 Å². The molecule has 1 atom stereocenters. The molecule has 0 radical (unpaired) electrons. The predicted octanol–water partition coefficient (Wildman–Crippen LogP) is 2.27. The van der Waals surface area contributed by atoms with Crippen LogP contribution in [0.5, 0.6) is 5.75 Å². The van der Waals surface area contributed by atoms with Gasteiger partial charge in [-0.3, -0.25) is 14.9 Å². The molecule has 0 spiro atoms. The number of hydrogen-bond acceptors (Lipinski definition) is 4. The van der Waals surface area contributed by atoms with Crippen LogP contribution in [-0.2, 0) is 16.1 Å². The minimum atomic E-state index is -1.10. The van der Waals surface area contributed by atoms with Gasteiger partial charge in [-0.1, -0.05) is 36.4 Å². The van der Waals surface area contributed by atoms with Gasteiger partial charge in [-0.15, -0.1) is 0 Å². The van der Waals surface area contributed by atoms with E-state index in [1.54, 1.807) is 12.1 Å². The highest BCUT2D eigenvalue weighted by Crippen LogP contribution is 2.24. The lowest BCUT2D eigenvalue weighted by atomic mass is 10.1. The molecular weight excluding hydrogens is 308 g/mol. The number of aliphatic carboxylic acids is 1. The molecule has 24 heavy (non-hydrogen) atoms. The van der Waals surface area contributed by atoms with Crippen LogP contribution in [0.1, 0.15) is 17.5 Å². The molecule has 0 aromatic heterocycles. The van der Waals surface area contributed by atoms with Gasteiger partial charge in [0.15, 0.2) is 0 Å². The number of hydrogen-bond donors (Lipinski definition) is 4. The summed E-state index contributed by atoms with van der Waals surface area (Å²) in [6, 6.07) is 13.1. The van der Waals surface area contributed by atoms with E-state index in [0.29, 0.717) is 6.54 Å². The highest BCUT2D eigenvalue weighted by Gasteiger charge is 2.21.